The standard InChI is InChI=1S/C14H23O/c1-10-5-6-11-13(2,3)12(15)7-8-14(11,4)9-10/h9,11-12,15H,1,5-8H2,2-4H3/q+1. The molecule has 0 saturated heterocycles. The highest BCUT2D eigenvalue weighted by atomic mass is 16.3. The van der Waals surface area contributed by atoms with Gasteiger partial charge < -0.3 is 5.11 Å². The van der Waals surface area contributed by atoms with Gasteiger partial charge in [-0.2, -0.15) is 0 Å². The molecule has 1 heteroatoms. The van der Waals surface area contributed by atoms with Gasteiger partial charge in [0.15, 0.2) is 0 Å². The van der Waals surface area contributed by atoms with Crippen molar-refractivity contribution in [1.82, 2.24) is 0 Å². The first-order valence-corrected chi connectivity index (χ1v) is 6.08. The molecule has 15 heavy (non-hydrogen) atoms. The van der Waals surface area contributed by atoms with Gasteiger partial charge in [0.1, 0.15) is 0 Å². The number of aliphatic hydroxyl groups excluding tert-OH is 1. The van der Waals surface area contributed by atoms with Gasteiger partial charge in [0, 0.05) is 19.4 Å². The lowest BCUT2D eigenvalue weighted by Crippen LogP contribution is -2.51. The Bertz CT molecular complexity index is 279. The predicted octanol–water partition coefficient (Wildman–Crippen LogP) is 3.34. The first kappa shape index (κ1) is 11.1. The van der Waals surface area contributed by atoms with Crippen molar-refractivity contribution in [2.24, 2.45) is 16.7 Å². The van der Waals surface area contributed by atoms with E-state index in [1.54, 1.807) is 0 Å². The SMILES string of the molecule is C=C1[CH+]C2(C)CCC(O)C(C)(C)C2CC1. The van der Waals surface area contributed by atoms with E-state index in [4.69, 9.17) is 0 Å². The Labute approximate surface area is 93.6 Å². The van der Waals surface area contributed by atoms with Crippen molar-refractivity contribution in [3.8, 4) is 0 Å². The molecule has 84 valence electrons. The van der Waals surface area contributed by atoms with Gasteiger partial charge >= 0.3 is 0 Å². The van der Waals surface area contributed by atoms with Gasteiger partial charge in [0.2, 0.25) is 0 Å². The molecule has 0 radical (unpaired) electrons. The summed E-state index contributed by atoms with van der Waals surface area (Å²) >= 11 is 0. The van der Waals surface area contributed by atoms with Crippen LogP contribution in [0.5, 0.6) is 0 Å². The summed E-state index contributed by atoms with van der Waals surface area (Å²) in [6.07, 6.45) is 6.59. The van der Waals surface area contributed by atoms with Crippen LogP contribution in [0.2, 0.25) is 0 Å². The van der Waals surface area contributed by atoms with E-state index in [0.29, 0.717) is 5.92 Å². The topological polar surface area (TPSA) is 20.2 Å². The van der Waals surface area contributed by atoms with E-state index in [0.717, 1.165) is 19.3 Å². The zero-order valence-electron chi connectivity index (χ0n) is 10.2. The molecule has 0 bridgehead atoms. The Hall–Kier alpha value is -0.430. The Kier molecular flexibility index (Phi) is 2.42. The second kappa shape index (κ2) is 3.28. The summed E-state index contributed by atoms with van der Waals surface area (Å²) in [6, 6.07) is 0. The predicted molar refractivity (Wildman–Crippen MR) is 63.3 cm³/mol. The molecule has 2 aliphatic rings. The van der Waals surface area contributed by atoms with Crippen molar-refractivity contribution in [2.45, 2.75) is 52.6 Å². The molecule has 0 aromatic carbocycles. The summed E-state index contributed by atoms with van der Waals surface area (Å²) in [5, 5.41) is 10.1. The largest absolute Gasteiger partial charge is 0.393 e. The normalized spacial score (nSPS) is 44.4. The van der Waals surface area contributed by atoms with E-state index in [1.807, 2.05) is 0 Å². The molecule has 0 aliphatic heterocycles. The van der Waals surface area contributed by atoms with Crippen LogP contribution in [0.25, 0.3) is 0 Å². The Morgan fingerprint density at radius 3 is 2.67 bits per heavy atom. The molecule has 3 atom stereocenters. The molecule has 1 nitrogen and oxygen atoms in total. The van der Waals surface area contributed by atoms with Crippen molar-refractivity contribution in [2.75, 3.05) is 0 Å². The fourth-order valence-corrected chi connectivity index (χ4v) is 3.82. The minimum absolute atomic E-state index is 0.0597. The van der Waals surface area contributed by atoms with E-state index in [1.165, 1.54) is 12.0 Å². The summed E-state index contributed by atoms with van der Waals surface area (Å²) in [4.78, 5) is 0. The average molecular weight is 207 g/mol. The maximum absolute atomic E-state index is 10.1. The van der Waals surface area contributed by atoms with Crippen molar-refractivity contribution in [3.63, 3.8) is 0 Å². The molecule has 2 saturated carbocycles. The number of hydrogen-bond donors (Lipinski definition) is 1. The molecular formula is C14H23O+. The number of aliphatic hydroxyl groups is 1. The Morgan fingerprint density at radius 2 is 2.00 bits per heavy atom. The number of allylic oxidation sites excluding steroid dienone is 1. The second-order valence-electron chi connectivity index (χ2n) is 6.28. The summed E-state index contributed by atoms with van der Waals surface area (Å²) in [5.74, 6) is 0.610. The van der Waals surface area contributed by atoms with Gasteiger partial charge in [-0.3, -0.25) is 0 Å². The van der Waals surface area contributed by atoms with Gasteiger partial charge in [0.05, 0.1) is 17.1 Å². The lowest BCUT2D eigenvalue weighted by molar-refractivity contribution is -0.0897. The van der Waals surface area contributed by atoms with E-state index in [9.17, 15) is 5.11 Å². The van der Waals surface area contributed by atoms with Crippen LogP contribution in [0, 0.1) is 23.2 Å². The Balaban J connectivity index is 2.29. The van der Waals surface area contributed by atoms with Crippen LogP contribution in [-0.2, 0) is 0 Å². The zero-order chi connectivity index (χ0) is 11.3. The quantitative estimate of drug-likeness (QED) is 0.604. The molecule has 0 amide bonds. The number of hydrogen-bond acceptors (Lipinski definition) is 1. The van der Waals surface area contributed by atoms with E-state index in [-0.39, 0.29) is 16.9 Å². The number of fused-ring (bicyclic) bond motifs is 1. The minimum Gasteiger partial charge on any atom is -0.393 e. The third-order valence-electron chi connectivity index (χ3n) is 4.80. The van der Waals surface area contributed by atoms with E-state index >= 15 is 0 Å². The fourth-order valence-electron chi connectivity index (χ4n) is 3.82. The molecule has 3 unspecified atom stereocenters. The molecule has 2 fully saturated rings. The smallest absolute Gasteiger partial charge is 0.0998 e. The summed E-state index contributed by atoms with van der Waals surface area (Å²) in [5.41, 5.74) is 1.63. The van der Waals surface area contributed by atoms with Crippen LogP contribution >= 0.6 is 0 Å². The first-order chi connectivity index (χ1) is 6.86. The Morgan fingerprint density at radius 1 is 1.33 bits per heavy atom. The van der Waals surface area contributed by atoms with Crippen molar-refractivity contribution in [3.05, 3.63) is 18.6 Å². The van der Waals surface area contributed by atoms with Crippen molar-refractivity contribution in [1.29, 1.82) is 0 Å². The van der Waals surface area contributed by atoms with Crippen molar-refractivity contribution < 1.29 is 5.11 Å². The molecule has 2 rings (SSSR count). The maximum Gasteiger partial charge on any atom is 0.0998 e. The van der Waals surface area contributed by atoms with Gasteiger partial charge in [-0.05, 0) is 37.5 Å². The molecule has 2 aliphatic carbocycles. The maximum atomic E-state index is 10.1. The lowest BCUT2D eigenvalue weighted by Gasteiger charge is -2.53. The van der Waals surface area contributed by atoms with Crippen LogP contribution in [0.15, 0.2) is 12.2 Å². The summed E-state index contributed by atoms with van der Waals surface area (Å²) in [6.45, 7) is 10.9. The average Bonchev–Trinajstić information content (AvgIpc) is 2.11. The number of rotatable bonds is 0. The summed E-state index contributed by atoms with van der Waals surface area (Å²) < 4.78 is 0. The molecule has 1 N–H and O–H groups in total. The van der Waals surface area contributed by atoms with Crippen LogP contribution in [0.3, 0.4) is 0 Å². The van der Waals surface area contributed by atoms with Gasteiger partial charge in [-0.1, -0.05) is 13.8 Å². The molecule has 0 aromatic rings. The third kappa shape index (κ3) is 1.61. The minimum atomic E-state index is -0.129. The monoisotopic (exact) mass is 207 g/mol. The molecule has 0 spiro atoms. The third-order valence-corrected chi connectivity index (χ3v) is 4.80. The highest BCUT2D eigenvalue weighted by molar-refractivity contribution is 5.22. The van der Waals surface area contributed by atoms with Gasteiger partial charge in [-0.25, -0.2) is 0 Å². The second-order valence-corrected chi connectivity index (χ2v) is 6.28. The van der Waals surface area contributed by atoms with Crippen LogP contribution in [-0.4, -0.2) is 11.2 Å². The molecule has 0 heterocycles. The van der Waals surface area contributed by atoms with Crippen LogP contribution < -0.4 is 0 Å². The van der Waals surface area contributed by atoms with Gasteiger partial charge in [0.25, 0.3) is 0 Å². The first-order valence-electron chi connectivity index (χ1n) is 6.08. The van der Waals surface area contributed by atoms with Crippen LogP contribution in [0.1, 0.15) is 46.5 Å². The zero-order valence-corrected chi connectivity index (χ0v) is 10.2. The van der Waals surface area contributed by atoms with Crippen molar-refractivity contribution >= 4 is 0 Å². The highest BCUT2D eigenvalue weighted by Gasteiger charge is 2.55. The fraction of sp³-hybridized carbons (Fsp3) is 0.786. The van der Waals surface area contributed by atoms with Gasteiger partial charge in [-0.15, -0.1) is 0 Å². The highest BCUT2D eigenvalue weighted by Crippen LogP contribution is 2.57. The molecular weight excluding hydrogens is 184 g/mol. The van der Waals surface area contributed by atoms with Crippen LogP contribution in [0.4, 0.5) is 0 Å². The lowest BCUT2D eigenvalue weighted by atomic mass is 9.50. The molecule has 0 aromatic heterocycles. The van der Waals surface area contributed by atoms with E-state index < -0.39 is 0 Å². The van der Waals surface area contributed by atoms with E-state index in [2.05, 4.69) is 33.8 Å². The summed E-state index contributed by atoms with van der Waals surface area (Å²) in [7, 11) is 0.